The molecule has 0 aromatic heterocycles. The Morgan fingerprint density at radius 2 is 1.94 bits per heavy atom. The van der Waals surface area contributed by atoms with Crippen molar-refractivity contribution >= 4 is 17.5 Å². The normalized spacial score (nSPS) is 24.0. The summed E-state index contributed by atoms with van der Waals surface area (Å²) in [6.07, 6.45) is -2.86. The molecular formula is C24H23F2N3O4. The molecule has 2 aliphatic rings. The predicted molar refractivity (Wildman–Crippen MR) is 116 cm³/mol. The number of nitrogens with zero attached hydrogens (tertiary/aromatic N) is 2. The third kappa shape index (κ3) is 5.12. The van der Waals surface area contributed by atoms with E-state index < -0.39 is 36.9 Å². The number of hydrogen-bond acceptors (Lipinski definition) is 5. The van der Waals surface area contributed by atoms with Crippen LogP contribution in [0.2, 0.25) is 0 Å². The average Bonchev–Trinajstić information content (AvgIpc) is 3.57. The third-order valence-corrected chi connectivity index (χ3v) is 5.86. The first-order chi connectivity index (χ1) is 15.9. The molecule has 1 aliphatic carbocycles. The average molecular weight is 455 g/mol. The lowest BCUT2D eigenvalue weighted by Crippen LogP contribution is -2.50. The van der Waals surface area contributed by atoms with Crippen molar-refractivity contribution < 1.29 is 28.2 Å². The van der Waals surface area contributed by atoms with E-state index in [0.29, 0.717) is 11.3 Å². The number of aliphatic hydroxyl groups is 1. The summed E-state index contributed by atoms with van der Waals surface area (Å²) in [4.78, 5) is 24.8. The number of piperidine rings is 1. The topological polar surface area (TPSA) is 103 Å². The molecule has 1 saturated heterocycles. The van der Waals surface area contributed by atoms with Crippen LogP contribution in [0.3, 0.4) is 0 Å². The summed E-state index contributed by atoms with van der Waals surface area (Å²) < 4.78 is 33.4. The maximum Gasteiger partial charge on any atom is 0.248 e. The molecule has 4 rings (SSSR count). The number of carbonyl (C=O) groups is 2. The number of nitrogens with one attached hydrogen (secondary N) is 1. The fraction of sp³-hybridized carbons (Fsp3) is 0.375. The smallest absolute Gasteiger partial charge is 0.248 e. The Balaban J connectivity index is 1.46. The molecule has 2 aromatic rings. The zero-order valence-corrected chi connectivity index (χ0v) is 17.7. The van der Waals surface area contributed by atoms with Gasteiger partial charge < -0.3 is 20.1 Å². The van der Waals surface area contributed by atoms with Crippen LogP contribution in [0.15, 0.2) is 42.5 Å². The fourth-order valence-corrected chi connectivity index (χ4v) is 3.85. The van der Waals surface area contributed by atoms with Crippen molar-refractivity contribution in [1.29, 1.82) is 5.26 Å². The van der Waals surface area contributed by atoms with E-state index in [0.717, 1.165) is 5.56 Å². The van der Waals surface area contributed by atoms with Crippen molar-refractivity contribution in [1.82, 2.24) is 4.90 Å². The summed E-state index contributed by atoms with van der Waals surface area (Å²) in [6.45, 7) is -0.584. The minimum Gasteiger partial charge on any atom is -0.486 e. The maximum absolute atomic E-state index is 14.6. The molecule has 1 saturated carbocycles. The molecule has 2 fully saturated rings. The molecular weight excluding hydrogens is 432 g/mol. The maximum atomic E-state index is 14.6. The lowest BCUT2D eigenvalue weighted by atomic mass is 10.0. The Morgan fingerprint density at radius 1 is 1.18 bits per heavy atom. The standard InChI is InChI=1S/C24H23F2N3O4/c25-19-10-18(19)24(32)28-17-3-1-2-14(9-17)15-4-5-21(16(8-15)11-27)33-22-6-7-29(12-20(22)26)23(31)13-30/h1-5,8-9,18-20,22,30H,6-7,10,12-13H2,(H,28,32)/t18?,19-,20+,22-/m0/s1. The summed E-state index contributed by atoms with van der Waals surface area (Å²) in [5, 5.41) is 21.3. The molecule has 2 amide bonds. The van der Waals surface area contributed by atoms with E-state index in [1.54, 1.807) is 36.4 Å². The molecule has 9 heteroatoms. The van der Waals surface area contributed by atoms with Gasteiger partial charge in [0, 0.05) is 18.7 Å². The van der Waals surface area contributed by atoms with Crippen LogP contribution in [0.4, 0.5) is 14.5 Å². The zero-order valence-electron chi connectivity index (χ0n) is 17.7. The summed E-state index contributed by atoms with van der Waals surface area (Å²) in [6, 6.07) is 14.0. The third-order valence-electron chi connectivity index (χ3n) is 5.86. The van der Waals surface area contributed by atoms with Gasteiger partial charge in [-0.1, -0.05) is 18.2 Å². The highest BCUT2D eigenvalue weighted by atomic mass is 19.1. The Bertz CT molecular complexity index is 1100. The summed E-state index contributed by atoms with van der Waals surface area (Å²) >= 11 is 0. The van der Waals surface area contributed by atoms with Gasteiger partial charge in [-0.2, -0.15) is 5.26 Å². The molecule has 0 spiro atoms. The SMILES string of the molecule is N#Cc1cc(-c2cccc(NC(=O)C3C[C@@H]3F)c2)ccc1O[C@H]1CCN(C(=O)CO)C[C@H]1F. The Kier molecular flexibility index (Phi) is 6.56. The lowest BCUT2D eigenvalue weighted by Gasteiger charge is -2.34. The number of aliphatic hydroxyl groups excluding tert-OH is 1. The second kappa shape index (κ2) is 9.55. The molecule has 33 heavy (non-hydrogen) atoms. The van der Waals surface area contributed by atoms with Crippen molar-refractivity contribution in [3.8, 4) is 22.9 Å². The van der Waals surface area contributed by atoms with Gasteiger partial charge in [-0.15, -0.1) is 0 Å². The first kappa shape index (κ1) is 22.7. The van der Waals surface area contributed by atoms with Crippen LogP contribution in [0, 0.1) is 17.2 Å². The van der Waals surface area contributed by atoms with E-state index in [9.17, 15) is 23.6 Å². The molecule has 0 radical (unpaired) electrons. The number of amides is 2. The van der Waals surface area contributed by atoms with Crippen LogP contribution in [-0.2, 0) is 9.59 Å². The number of hydrogen-bond donors (Lipinski definition) is 2. The van der Waals surface area contributed by atoms with Crippen LogP contribution >= 0.6 is 0 Å². The second-order valence-corrected chi connectivity index (χ2v) is 8.21. The molecule has 4 atom stereocenters. The number of likely N-dealkylation sites (tertiary alicyclic amines) is 1. The molecule has 2 aromatic carbocycles. The van der Waals surface area contributed by atoms with Crippen LogP contribution in [0.25, 0.3) is 11.1 Å². The zero-order chi connectivity index (χ0) is 23.5. The number of benzene rings is 2. The van der Waals surface area contributed by atoms with Gasteiger partial charge in [-0.05, 0) is 41.8 Å². The van der Waals surface area contributed by atoms with Crippen molar-refractivity contribution in [2.75, 3.05) is 25.0 Å². The van der Waals surface area contributed by atoms with Gasteiger partial charge in [-0.3, -0.25) is 9.59 Å². The van der Waals surface area contributed by atoms with Crippen molar-refractivity contribution in [2.24, 2.45) is 5.92 Å². The first-order valence-corrected chi connectivity index (χ1v) is 10.7. The fourth-order valence-electron chi connectivity index (χ4n) is 3.85. The summed E-state index contributed by atoms with van der Waals surface area (Å²) in [5.41, 5.74) is 2.19. The molecule has 0 bridgehead atoms. The summed E-state index contributed by atoms with van der Waals surface area (Å²) in [5.74, 6) is -1.24. The number of alkyl halides is 2. The number of carbonyl (C=O) groups excluding carboxylic acids is 2. The molecule has 2 N–H and O–H groups in total. The minimum atomic E-state index is -1.45. The van der Waals surface area contributed by atoms with E-state index >= 15 is 0 Å². The quantitative estimate of drug-likeness (QED) is 0.697. The number of rotatable bonds is 6. The van der Waals surface area contributed by atoms with E-state index in [2.05, 4.69) is 11.4 Å². The Morgan fingerprint density at radius 3 is 2.61 bits per heavy atom. The minimum absolute atomic E-state index is 0.174. The van der Waals surface area contributed by atoms with Gasteiger partial charge in [0.2, 0.25) is 11.8 Å². The van der Waals surface area contributed by atoms with E-state index in [1.165, 1.54) is 4.90 Å². The number of nitriles is 1. The van der Waals surface area contributed by atoms with E-state index in [-0.39, 0.29) is 43.2 Å². The number of halogens is 2. The highest BCUT2D eigenvalue weighted by Gasteiger charge is 2.43. The first-order valence-electron chi connectivity index (χ1n) is 10.7. The molecule has 1 aliphatic heterocycles. The number of ether oxygens (including phenoxy) is 1. The highest BCUT2D eigenvalue weighted by Crippen LogP contribution is 2.35. The molecule has 1 heterocycles. The van der Waals surface area contributed by atoms with Gasteiger partial charge >= 0.3 is 0 Å². The monoisotopic (exact) mass is 455 g/mol. The Labute approximate surface area is 189 Å². The van der Waals surface area contributed by atoms with Gasteiger partial charge in [0.05, 0.1) is 18.0 Å². The van der Waals surface area contributed by atoms with Crippen LogP contribution < -0.4 is 10.1 Å². The van der Waals surface area contributed by atoms with Gasteiger partial charge in [0.25, 0.3) is 0 Å². The van der Waals surface area contributed by atoms with Gasteiger partial charge in [-0.25, -0.2) is 8.78 Å². The molecule has 172 valence electrons. The van der Waals surface area contributed by atoms with Crippen LogP contribution in [0.5, 0.6) is 5.75 Å². The largest absolute Gasteiger partial charge is 0.486 e. The highest BCUT2D eigenvalue weighted by molar-refractivity contribution is 5.95. The van der Waals surface area contributed by atoms with Gasteiger partial charge in [0.15, 0.2) is 6.17 Å². The second-order valence-electron chi connectivity index (χ2n) is 8.21. The van der Waals surface area contributed by atoms with Crippen molar-refractivity contribution in [2.45, 2.75) is 31.3 Å². The van der Waals surface area contributed by atoms with Crippen LogP contribution in [0.1, 0.15) is 18.4 Å². The number of anilines is 1. The Hall–Kier alpha value is -3.51. The van der Waals surface area contributed by atoms with E-state index in [4.69, 9.17) is 9.84 Å². The van der Waals surface area contributed by atoms with Crippen molar-refractivity contribution in [3.63, 3.8) is 0 Å². The van der Waals surface area contributed by atoms with Crippen molar-refractivity contribution in [3.05, 3.63) is 48.0 Å². The lowest BCUT2D eigenvalue weighted by molar-refractivity contribution is -0.138. The van der Waals surface area contributed by atoms with Crippen LogP contribution in [-0.4, -0.2) is 60.0 Å². The van der Waals surface area contributed by atoms with Gasteiger partial charge in [0.1, 0.15) is 30.7 Å². The molecule has 7 nitrogen and oxygen atoms in total. The summed E-state index contributed by atoms with van der Waals surface area (Å²) in [7, 11) is 0. The predicted octanol–water partition coefficient (Wildman–Crippen LogP) is 2.83. The molecule has 1 unspecified atom stereocenters. The van der Waals surface area contributed by atoms with E-state index in [1.807, 2.05) is 6.07 Å².